The molecule has 4 aromatic rings. The van der Waals surface area contributed by atoms with Gasteiger partial charge in [0.05, 0.1) is 9.79 Å². The minimum atomic E-state index is -4.42. The topological polar surface area (TPSA) is 114 Å². The van der Waals surface area contributed by atoms with E-state index in [0.29, 0.717) is 0 Å². The van der Waals surface area contributed by atoms with Gasteiger partial charge in [0.1, 0.15) is 20.2 Å². The van der Waals surface area contributed by atoms with Crippen LogP contribution in [0.5, 0.6) is 0 Å². The molecule has 4 rings (SSSR count). The fraction of sp³-hybridized carbons (Fsp3) is 0.583. The molecule has 0 aliphatic rings. The zero-order chi connectivity index (χ0) is 40.8. The molecule has 4 aromatic carbocycles. The Labute approximate surface area is 376 Å². The fourth-order valence-electron chi connectivity index (χ4n) is 7.85. The van der Waals surface area contributed by atoms with Crippen molar-refractivity contribution >= 4 is 79.5 Å². The van der Waals surface area contributed by atoms with Gasteiger partial charge in [0, 0.05) is 0 Å². The first-order valence-electron chi connectivity index (χ1n) is 21.9. The summed E-state index contributed by atoms with van der Waals surface area (Å²) in [6, 6.07) is 17.9. The average Bonchev–Trinajstić information content (AvgIpc) is 3.17. The summed E-state index contributed by atoms with van der Waals surface area (Å²) >= 11 is 0. The molecule has 0 unspecified atom stereocenters. The molecular weight excluding hydrogens is 777 g/mol. The monoisotopic (exact) mass is 846 g/mol. The van der Waals surface area contributed by atoms with Crippen molar-refractivity contribution in [3.8, 4) is 0 Å². The molecular formula is C48H70CaO6S2. The van der Waals surface area contributed by atoms with Crippen molar-refractivity contribution in [2.45, 2.75) is 192 Å². The predicted molar refractivity (Wildman–Crippen MR) is 239 cm³/mol. The van der Waals surface area contributed by atoms with Crippen molar-refractivity contribution in [1.82, 2.24) is 0 Å². The molecule has 0 fully saturated rings. The van der Waals surface area contributed by atoms with E-state index in [0.717, 1.165) is 60.1 Å². The largest absolute Gasteiger partial charge is 2.00 e. The molecule has 0 radical (unpaired) electrons. The Morgan fingerprint density at radius 1 is 0.386 bits per heavy atom. The Kier molecular flexibility index (Phi) is 25.4. The van der Waals surface area contributed by atoms with Crippen LogP contribution in [0.4, 0.5) is 0 Å². The molecule has 0 N–H and O–H groups in total. The van der Waals surface area contributed by atoms with Gasteiger partial charge in [-0.05, 0) is 119 Å². The number of hydrogen-bond acceptors (Lipinski definition) is 6. The van der Waals surface area contributed by atoms with Gasteiger partial charge in [-0.1, -0.05) is 167 Å². The van der Waals surface area contributed by atoms with E-state index in [1.54, 1.807) is 0 Å². The van der Waals surface area contributed by atoms with Crippen LogP contribution in [0.3, 0.4) is 0 Å². The second-order valence-corrected chi connectivity index (χ2v) is 18.5. The molecule has 57 heavy (non-hydrogen) atoms. The van der Waals surface area contributed by atoms with E-state index in [9.17, 15) is 25.9 Å². The molecule has 0 aliphatic heterocycles. The van der Waals surface area contributed by atoms with Crippen LogP contribution in [0.15, 0.2) is 70.5 Å². The van der Waals surface area contributed by atoms with Crippen molar-refractivity contribution in [3.05, 3.63) is 82.9 Å². The molecule has 0 atom stereocenters. The van der Waals surface area contributed by atoms with E-state index in [1.807, 2.05) is 24.3 Å². The molecule has 0 amide bonds. The van der Waals surface area contributed by atoms with E-state index >= 15 is 0 Å². The Balaban J connectivity index is 0.000000387. The van der Waals surface area contributed by atoms with E-state index in [2.05, 4.69) is 39.8 Å². The minimum absolute atomic E-state index is 0. The van der Waals surface area contributed by atoms with Gasteiger partial charge in [0.2, 0.25) is 0 Å². The molecule has 0 saturated heterocycles. The third kappa shape index (κ3) is 18.3. The summed E-state index contributed by atoms with van der Waals surface area (Å²) in [7, 11) is -8.84. The van der Waals surface area contributed by atoms with Crippen LogP contribution in [0.2, 0.25) is 0 Å². The maximum Gasteiger partial charge on any atom is 2.00 e. The van der Waals surface area contributed by atoms with Gasteiger partial charge in [-0.2, -0.15) is 0 Å². The number of rotatable bonds is 26. The normalized spacial score (nSPS) is 11.8. The van der Waals surface area contributed by atoms with E-state index < -0.39 is 20.2 Å². The zero-order valence-electron chi connectivity index (χ0n) is 35.7. The Bertz CT molecular complexity index is 1830. The number of unbranched alkanes of at least 4 members (excludes halogenated alkanes) is 16. The molecule has 0 aliphatic carbocycles. The van der Waals surface area contributed by atoms with E-state index in [1.165, 1.54) is 162 Å². The zero-order valence-corrected chi connectivity index (χ0v) is 39.6. The molecule has 312 valence electrons. The first-order valence-corrected chi connectivity index (χ1v) is 24.8. The minimum Gasteiger partial charge on any atom is -0.744 e. The van der Waals surface area contributed by atoms with Crippen LogP contribution in [-0.2, 0) is 45.9 Å². The van der Waals surface area contributed by atoms with Crippen LogP contribution in [0.1, 0.15) is 178 Å². The second kappa shape index (κ2) is 28.1. The molecule has 0 heterocycles. The Hall–Kier alpha value is -1.52. The molecule has 0 spiro atoms. The summed E-state index contributed by atoms with van der Waals surface area (Å²) in [5, 5.41) is 3.92. The van der Waals surface area contributed by atoms with Crippen molar-refractivity contribution in [2.75, 3.05) is 0 Å². The van der Waals surface area contributed by atoms with Crippen molar-refractivity contribution in [3.63, 3.8) is 0 Å². The molecule has 9 heteroatoms. The summed E-state index contributed by atoms with van der Waals surface area (Å²) in [6.07, 6.45) is 29.2. The number of hydrogen-bond donors (Lipinski definition) is 0. The Morgan fingerprint density at radius 3 is 0.982 bits per heavy atom. The van der Waals surface area contributed by atoms with Gasteiger partial charge in [-0.25, -0.2) is 16.8 Å². The maximum absolute atomic E-state index is 11.4. The van der Waals surface area contributed by atoms with Crippen LogP contribution in [0, 0.1) is 0 Å². The van der Waals surface area contributed by atoms with Crippen molar-refractivity contribution in [1.29, 1.82) is 0 Å². The van der Waals surface area contributed by atoms with Gasteiger partial charge in [0.25, 0.3) is 0 Å². The molecule has 6 nitrogen and oxygen atoms in total. The second-order valence-electron chi connectivity index (χ2n) is 15.7. The first-order chi connectivity index (χ1) is 26.9. The van der Waals surface area contributed by atoms with Crippen LogP contribution >= 0.6 is 0 Å². The quantitative estimate of drug-likeness (QED) is 0.0353. The van der Waals surface area contributed by atoms with Crippen LogP contribution in [0.25, 0.3) is 21.5 Å². The van der Waals surface area contributed by atoms with E-state index in [4.69, 9.17) is 0 Å². The summed E-state index contributed by atoms with van der Waals surface area (Å²) in [6.45, 7) is 8.92. The average molecular weight is 847 g/mol. The smallest absolute Gasteiger partial charge is 0.744 e. The summed E-state index contributed by atoms with van der Waals surface area (Å²) in [5.41, 5.74) is 5.47. The summed E-state index contributed by atoms with van der Waals surface area (Å²) < 4.78 is 68.2. The van der Waals surface area contributed by atoms with Crippen molar-refractivity contribution < 1.29 is 25.9 Å². The molecule has 0 bridgehead atoms. The maximum atomic E-state index is 11.4. The third-order valence-corrected chi connectivity index (χ3v) is 12.8. The number of fused-ring (bicyclic) bond motifs is 2. The van der Waals surface area contributed by atoms with Crippen molar-refractivity contribution in [2.24, 2.45) is 0 Å². The summed E-state index contributed by atoms with van der Waals surface area (Å²) in [4.78, 5) is -0.276. The van der Waals surface area contributed by atoms with Gasteiger partial charge >= 0.3 is 37.7 Å². The standard InChI is InChI=1S/2C24H36O3S.Ca/c2*1-3-5-7-9-11-13-20-15-16-21-19-22(28(25,26)27)17-18-24(21)23(20)14-12-10-8-6-4-2;/h2*15-19H,3-14H2,1-2H3,(H,25,26,27);/q;;+2/p-2. The van der Waals surface area contributed by atoms with Gasteiger partial charge in [0.15, 0.2) is 0 Å². The first kappa shape index (κ1) is 51.6. The Morgan fingerprint density at radius 2 is 0.684 bits per heavy atom. The number of benzene rings is 4. The predicted octanol–water partition coefficient (Wildman–Crippen LogP) is 13.2. The van der Waals surface area contributed by atoms with Crippen LogP contribution in [-0.4, -0.2) is 63.7 Å². The van der Waals surface area contributed by atoms with Gasteiger partial charge in [-0.15, -0.1) is 0 Å². The van der Waals surface area contributed by atoms with Crippen LogP contribution < -0.4 is 0 Å². The molecule has 0 aromatic heterocycles. The van der Waals surface area contributed by atoms with Gasteiger partial charge < -0.3 is 9.11 Å². The number of aryl methyl sites for hydroxylation is 4. The molecule has 0 saturated carbocycles. The van der Waals surface area contributed by atoms with Gasteiger partial charge in [-0.3, -0.25) is 0 Å². The van der Waals surface area contributed by atoms with E-state index in [-0.39, 0.29) is 47.5 Å². The summed E-state index contributed by atoms with van der Waals surface area (Å²) in [5.74, 6) is 0. The fourth-order valence-corrected chi connectivity index (χ4v) is 8.87. The third-order valence-electron chi connectivity index (χ3n) is 11.1. The SMILES string of the molecule is CCCCCCCc1ccc2cc(S(=O)(=O)[O-])ccc2c1CCCCCCC.CCCCCCCc1ccc2cc(S(=O)(=O)[O-])ccc2c1CCCCCCC.[Ca+2].